The SMILES string of the molecule is CC(C)C(O)CNC(=O)c1ccc(F)cc1. The molecular formula is C12H16FNO2. The summed E-state index contributed by atoms with van der Waals surface area (Å²) in [4.78, 5) is 11.5. The van der Waals surface area contributed by atoms with Gasteiger partial charge in [-0.15, -0.1) is 0 Å². The molecular weight excluding hydrogens is 209 g/mol. The molecule has 0 spiro atoms. The van der Waals surface area contributed by atoms with Crippen LogP contribution in [0.2, 0.25) is 0 Å². The Kier molecular flexibility index (Phi) is 4.43. The minimum Gasteiger partial charge on any atom is -0.391 e. The van der Waals surface area contributed by atoms with Gasteiger partial charge in [0.15, 0.2) is 0 Å². The number of halogens is 1. The van der Waals surface area contributed by atoms with Crippen molar-refractivity contribution in [2.45, 2.75) is 20.0 Å². The normalized spacial score (nSPS) is 12.6. The quantitative estimate of drug-likeness (QED) is 0.817. The second kappa shape index (κ2) is 5.61. The van der Waals surface area contributed by atoms with Crippen molar-refractivity contribution in [1.82, 2.24) is 5.32 Å². The molecule has 1 rings (SSSR count). The largest absolute Gasteiger partial charge is 0.391 e. The molecule has 0 bridgehead atoms. The van der Waals surface area contributed by atoms with Crippen molar-refractivity contribution in [3.8, 4) is 0 Å². The monoisotopic (exact) mass is 225 g/mol. The Morgan fingerprint density at radius 2 is 1.94 bits per heavy atom. The summed E-state index contributed by atoms with van der Waals surface area (Å²) < 4.78 is 12.6. The molecule has 0 saturated carbocycles. The third-order valence-corrected chi connectivity index (χ3v) is 2.35. The van der Waals surface area contributed by atoms with Crippen molar-refractivity contribution in [3.63, 3.8) is 0 Å². The van der Waals surface area contributed by atoms with E-state index in [1.54, 1.807) is 0 Å². The first-order chi connectivity index (χ1) is 7.50. The number of hydrogen-bond donors (Lipinski definition) is 2. The van der Waals surface area contributed by atoms with Crippen LogP contribution in [-0.4, -0.2) is 23.7 Å². The molecule has 1 aromatic carbocycles. The van der Waals surface area contributed by atoms with Crippen LogP contribution in [0.15, 0.2) is 24.3 Å². The van der Waals surface area contributed by atoms with E-state index in [1.165, 1.54) is 24.3 Å². The fourth-order valence-electron chi connectivity index (χ4n) is 1.14. The van der Waals surface area contributed by atoms with Crippen LogP contribution < -0.4 is 5.32 Å². The van der Waals surface area contributed by atoms with Crippen molar-refractivity contribution in [3.05, 3.63) is 35.6 Å². The minimum absolute atomic E-state index is 0.0912. The molecule has 1 unspecified atom stereocenters. The van der Waals surface area contributed by atoms with Crippen LogP contribution in [0.4, 0.5) is 4.39 Å². The Balaban J connectivity index is 2.50. The molecule has 0 aliphatic carbocycles. The fourth-order valence-corrected chi connectivity index (χ4v) is 1.14. The fraction of sp³-hybridized carbons (Fsp3) is 0.417. The maximum absolute atomic E-state index is 12.6. The van der Waals surface area contributed by atoms with Gasteiger partial charge in [0.1, 0.15) is 5.82 Å². The lowest BCUT2D eigenvalue weighted by atomic mass is 10.1. The molecule has 1 atom stereocenters. The number of aliphatic hydroxyl groups is 1. The van der Waals surface area contributed by atoms with Crippen LogP contribution >= 0.6 is 0 Å². The van der Waals surface area contributed by atoms with Crippen LogP contribution in [0.5, 0.6) is 0 Å². The van der Waals surface area contributed by atoms with Crippen LogP contribution in [0.1, 0.15) is 24.2 Å². The molecule has 0 radical (unpaired) electrons. The number of carbonyl (C=O) groups is 1. The molecule has 0 aliphatic heterocycles. The van der Waals surface area contributed by atoms with Gasteiger partial charge in [-0.25, -0.2) is 4.39 Å². The Hall–Kier alpha value is -1.42. The van der Waals surface area contributed by atoms with E-state index in [4.69, 9.17) is 0 Å². The summed E-state index contributed by atoms with van der Waals surface area (Å²) in [6, 6.07) is 5.28. The van der Waals surface area contributed by atoms with Gasteiger partial charge >= 0.3 is 0 Å². The Morgan fingerprint density at radius 3 is 2.44 bits per heavy atom. The van der Waals surface area contributed by atoms with Crippen molar-refractivity contribution in [2.24, 2.45) is 5.92 Å². The van der Waals surface area contributed by atoms with E-state index in [1.807, 2.05) is 13.8 Å². The molecule has 0 fully saturated rings. The first-order valence-corrected chi connectivity index (χ1v) is 5.22. The molecule has 0 aliphatic rings. The van der Waals surface area contributed by atoms with Crippen LogP contribution in [-0.2, 0) is 0 Å². The second-order valence-corrected chi connectivity index (χ2v) is 4.03. The van der Waals surface area contributed by atoms with Crippen molar-refractivity contribution >= 4 is 5.91 Å². The summed E-state index contributed by atoms with van der Waals surface area (Å²) in [5, 5.41) is 12.1. The molecule has 3 nitrogen and oxygen atoms in total. The summed E-state index contributed by atoms with van der Waals surface area (Å²) in [5.74, 6) is -0.591. The maximum Gasteiger partial charge on any atom is 0.251 e. The summed E-state index contributed by atoms with van der Waals surface area (Å²) in [6.45, 7) is 3.94. The molecule has 1 amide bonds. The zero-order chi connectivity index (χ0) is 12.1. The van der Waals surface area contributed by atoms with Gasteiger partial charge in [0.05, 0.1) is 6.10 Å². The van der Waals surface area contributed by atoms with Crippen LogP contribution in [0.25, 0.3) is 0 Å². The van der Waals surface area contributed by atoms with Gasteiger partial charge in [-0.05, 0) is 30.2 Å². The average Bonchev–Trinajstić information content (AvgIpc) is 2.26. The van der Waals surface area contributed by atoms with E-state index < -0.39 is 6.10 Å². The van der Waals surface area contributed by atoms with Gasteiger partial charge in [0, 0.05) is 12.1 Å². The minimum atomic E-state index is -0.565. The highest BCUT2D eigenvalue weighted by molar-refractivity contribution is 5.94. The topological polar surface area (TPSA) is 49.3 Å². The van der Waals surface area contributed by atoms with E-state index in [2.05, 4.69) is 5.32 Å². The predicted octanol–water partition coefficient (Wildman–Crippen LogP) is 1.57. The standard InChI is InChI=1S/C12H16FNO2/c1-8(2)11(15)7-14-12(16)9-3-5-10(13)6-4-9/h3-6,8,11,15H,7H2,1-2H3,(H,14,16). The van der Waals surface area contributed by atoms with E-state index in [-0.39, 0.29) is 24.2 Å². The highest BCUT2D eigenvalue weighted by Crippen LogP contribution is 2.03. The second-order valence-electron chi connectivity index (χ2n) is 4.03. The molecule has 1 aromatic rings. The lowest BCUT2D eigenvalue weighted by Crippen LogP contribution is -2.34. The molecule has 88 valence electrons. The van der Waals surface area contributed by atoms with Crippen molar-refractivity contribution in [1.29, 1.82) is 0 Å². The zero-order valence-corrected chi connectivity index (χ0v) is 9.40. The van der Waals surface area contributed by atoms with Gasteiger partial charge in [-0.2, -0.15) is 0 Å². The van der Waals surface area contributed by atoms with Crippen LogP contribution in [0.3, 0.4) is 0 Å². The molecule has 16 heavy (non-hydrogen) atoms. The first-order valence-electron chi connectivity index (χ1n) is 5.22. The Labute approximate surface area is 94.3 Å². The third kappa shape index (κ3) is 3.62. The number of benzene rings is 1. The third-order valence-electron chi connectivity index (χ3n) is 2.35. The van der Waals surface area contributed by atoms with Gasteiger partial charge in [0.25, 0.3) is 5.91 Å². The number of carbonyl (C=O) groups excluding carboxylic acids is 1. The number of nitrogens with one attached hydrogen (secondary N) is 1. The lowest BCUT2D eigenvalue weighted by Gasteiger charge is -2.14. The summed E-state index contributed by atoms with van der Waals surface area (Å²) in [5.41, 5.74) is 0.386. The Bertz CT molecular complexity index is 349. The number of hydrogen-bond acceptors (Lipinski definition) is 2. The van der Waals surface area contributed by atoms with Crippen molar-refractivity contribution in [2.75, 3.05) is 6.54 Å². The molecule has 4 heteroatoms. The predicted molar refractivity (Wildman–Crippen MR) is 59.6 cm³/mol. The van der Waals surface area contributed by atoms with Gasteiger partial charge in [0.2, 0.25) is 0 Å². The van der Waals surface area contributed by atoms with E-state index in [9.17, 15) is 14.3 Å². The van der Waals surface area contributed by atoms with E-state index in [0.29, 0.717) is 5.56 Å². The molecule has 0 heterocycles. The number of amides is 1. The van der Waals surface area contributed by atoms with Crippen molar-refractivity contribution < 1.29 is 14.3 Å². The molecule has 0 aromatic heterocycles. The summed E-state index contributed by atoms with van der Waals surface area (Å²) in [7, 11) is 0. The van der Waals surface area contributed by atoms with Crippen LogP contribution in [0, 0.1) is 11.7 Å². The lowest BCUT2D eigenvalue weighted by molar-refractivity contribution is 0.0871. The average molecular weight is 225 g/mol. The highest BCUT2D eigenvalue weighted by atomic mass is 19.1. The van der Waals surface area contributed by atoms with E-state index >= 15 is 0 Å². The Morgan fingerprint density at radius 1 is 1.38 bits per heavy atom. The first kappa shape index (κ1) is 12.6. The van der Waals surface area contributed by atoms with Gasteiger partial charge in [-0.1, -0.05) is 13.8 Å². The van der Waals surface area contributed by atoms with Gasteiger partial charge in [-0.3, -0.25) is 4.79 Å². The highest BCUT2D eigenvalue weighted by Gasteiger charge is 2.11. The van der Waals surface area contributed by atoms with E-state index in [0.717, 1.165) is 0 Å². The smallest absolute Gasteiger partial charge is 0.251 e. The van der Waals surface area contributed by atoms with Gasteiger partial charge < -0.3 is 10.4 Å². The number of aliphatic hydroxyl groups excluding tert-OH is 1. The summed E-state index contributed by atoms with van der Waals surface area (Å²) >= 11 is 0. The summed E-state index contributed by atoms with van der Waals surface area (Å²) in [6.07, 6.45) is -0.565. The molecule has 2 N–H and O–H groups in total. The maximum atomic E-state index is 12.6. The number of rotatable bonds is 4. The molecule has 0 saturated heterocycles. The zero-order valence-electron chi connectivity index (χ0n) is 9.40.